The standard InChI is InChI=1S/C19H20N7O/c1-25-12-4-2-6-17(25)21-23-19(16-8-10-20-11-9-16)24-22-18-7-3-5-13-26(18)14-15-27/h2-13,27H,14-15H2,1H3/q+1. The van der Waals surface area contributed by atoms with Gasteiger partial charge in [-0.3, -0.25) is 4.98 Å². The number of aliphatic hydroxyl groups is 1. The highest BCUT2D eigenvalue weighted by Crippen LogP contribution is 2.08. The molecule has 0 saturated heterocycles. The molecule has 0 aliphatic carbocycles. The Bertz CT molecular complexity index is 1010. The van der Waals surface area contributed by atoms with E-state index in [9.17, 15) is 5.11 Å². The molecule has 8 heteroatoms. The van der Waals surface area contributed by atoms with Gasteiger partial charge in [0.25, 0.3) is 0 Å². The van der Waals surface area contributed by atoms with Gasteiger partial charge in [0.1, 0.15) is 6.54 Å². The monoisotopic (exact) mass is 362 g/mol. The Morgan fingerprint density at radius 2 is 1.93 bits per heavy atom. The fourth-order valence-electron chi connectivity index (χ4n) is 2.31. The second-order valence-electron chi connectivity index (χ2n) is 5.61. The summed E-state index contributed by atoms with van der Waals surface area (Å²) in [6.07, 6.45) is 7.06. The van der Waals surface area contributed by atoms with Crippen molar-refractivity contribution in [1.29, 1.82) is 0 Å². The number of aryl methyl sites for hydroxylation is 1. The summed E-state index contributed by atoms with van der Waals surface area (Å²) in [5.41, 5.74) is 1.44. The molecule has 0 aliphatic heterocycles. The molecule has 0 aromatic carbocycles. The Kier molecular flexibility index (Phi) is 6.26. The van der Waals surface area contributed by atoms with Crippen molar-refractivity contribution < 1.29 is 9.67 Å². The lowest BCUT2D eigenvalue weighted by molar-refractivity contribution is -0.685. The average Bonchev–Trinajstić information content (AvgIpc) is 2.71. The van der Waals surface area contributed by atoms with Gasteiger partial charge in [-0.15, -0.1) is 10.2 Å². The van der Waals surface area contributed by atoms with Crippen molar-refractivity contribution in [2.75, 3.05) is 6.61 Å². The summed E-state index contributed by atoms with van der Waals surface area (Å²) < 4.78 is 3.67. The normalized spacial score (nSPS) is 12.7. The minimum Gasteiger partial charge on any atom is -0.392 e. The summed E-state index contributed by atoms with van der Waals surface area (Å²) in [5, 5.41) is 26.4. The van der Waals surface area contributed by atoms with E-state index in [4.69, 9.17) is 0 Å². The van der Waals surface area contributed by atoms with Gasteiger partial charge in [0, 0.05) is 37.3 Å². The maximum atomic E-state index is 9.19. The van der Waals surface area contributed by atoms with E-state index in [1.165, 1.54) is 0 Å². The number of azo groups is 1. The fourth-order valence-corrected chi connectivity index (χ4v) is 2.31. The first-order valence-corrected chi connectivity index (χ1v) is 8.43. The lowest BCUT2D eigenvalue weighted by Crippen LogP contribution is -2.35. The smallest absolute Gasteiger partial charge is 0.350 e. The second kappa shape index (κ2) is 9.25. The van der Waals surface area contributed by atoms with Crippen LogP contribution < -0.4 is 10.1 Å². The van der Waals surface area contributed by atoms with Gasteiger partial charge in [0.05, 0.1) is 17.9 Å². The van der Waals surface area contributed by atoms with Crippen LogP contribution in [0.5, 0.6) is 0 Å². The van der Waals surface area contributed by atoms with Crippen molar-refractivity contribution in [2.24, 2.45) is 27.5 Å². The van der Waals surface area contributed by atoms with Crippen molar-refractivity contribution in [3.63, 3.8) is 0 Å². The molecule has 0 radical (unpaired) electrons. The van der Waals surface area contributed by atoms with E-state index in [1.54, 1.807) is 24.5 Å². The summed E-state index contributed by atoms with van der Waals surface area (Å²) in [6, 6.07) is 14.8. The molecule has 0 aliphatic rings. The lowest BCUT2D eigenvalue weighted by Gasteiger charge is -1.98. The summed E-state index contributed by atoms with van der Waals surface area (Å²) in [7, 11) is 1.89. The van der Waals surface area contributed by atoms with Crippen molar-refractivity contribution >= 4 is 11.7 Å². The highest BCUT2D eigenvalue weighted by atomic mass is 16.3. The Morgan fingerprint density at radius 3 is 2.70 bits per heavy atom. The molecule has 3 aromatic heterocycles. The first-order valence-electron chi connectivity index (χ1n) is 8.43. The molecule has 27 heavy (non-hydrogen) atoms. The zero-order chi connectivity index (χ0) is 18.9. The topological polar surface area (TPSA) is 91.4 Å². The van der Waals surface area contributed by atoms with Crippen LogP contribution in [0.1, 0.15) is 5.56 Å². The van der Waals surface area contributed by atoms with E-state index in [2.05, 4.69) is 25.4 Å². The molecule has 3 aromatic rings. The summed E-state index contributed by atoms with van der Waals surface area (Å²) in [6.45, 7) is 0.448. The van der Waals surface area contributed by atoms with E-state index in [1.807, 2.05) is 65.0 Å². The third-order valence-electron chi connectivity index (χ3n) is 3.72. The number of pyridine rings is 3. The molecular formula is C19H20N7O+. The number of nitrogens with zero attached hydrogens (tertiary/aromatic N) is 7. The molecule has 136 valence electrons. The molecule has 0 amide bonds. The van der Waals surface area contributed by atoms with Gasteiger partial charge < -0.3 is 9.67 Å². The molecule has 0 fully saturated rings. The van der Waals surface area contributed by atoms with Gasteiger partial charge in [-0.05, 0) is 35.4 Å². The summed E-state index contributed by atoms with van der Waals surface area (Å²) in [5.74, 6) is 0.972. The van der Waals surface area contributed by atoms with Crippen LogP contribution in [0.15, 0.2) is 93.7 Å². The van der Waals surface area contributed by atoms with Crippen LogP contribution in [0, 0.1) is 0 Å². The minimum absolute atomic E-state index is 0.0162. The molecule has 8 nitrogen and oxygen atoms in total. The maximum absolute atomic E-state index is 9.19. The van der Waals surface area contributed by atoms with Crippen molar-refractivity contribution in [3.05, 3.63) is 84.4 Å². The van der Waals surface area contributed by atoms with E-state index in [0.29, 0.717) is 23.7 Å². The Balaban J connectivity index is 2.01. The Hall–Kier alpha value is -3.52. The quantitative estimate of drug-likeness (QED) is 0.246. The third kappa shape index (κ3) is 4.99. The largest absolute Gasteiger partial charge is 0.392 e. The number of hydrogen-bond acceptors (Lipinski definition) is 5. The van der Waals surface area contributed by atoms with Gasteiger partial charge in [-0.25, -0.2) is 4.57 Å². The molecule has 3 heterocycles. The number of amidine groups is 1. The van der Waals surface area contributed by atoms with Gasteiger partial charge in [0.2, 0.25) is 5.84 Å². The third-order valence-corrected chi connectivity index (χ3v) is 3.72. The van der Waals surface area contributed by atoms with Gasteiger partial charge in [-0.2, -0.15) is 0 Å². The van der Waals surface area contributed by atoms with Crippen LogP contribution in [0.2, 0.25) is 0 Å². The Labute approximate surface area is 156 Å². The van der Waals surface area contributed by atoms with E-state index in [0.717, 1.165) is 5.56 Å². The first-order chi connectivity index (χ1) is 13.3. The number of aromatic nitrogens is 3. The number of hydrogen-bond donors (Lipinski definition) is 1. The van der Waals surface area contributed by atoms with E-state index < -0.39 is 0 Å². The second-order valence-corrected chi connectivity index (χ2v) is 5.61. The molecule has 0 bridgehead atoms. The molecule has 0 spiro atoms. The van der Waals surface area contributed by atoms with Crippen LogP contribution in [0.3, 0.4) is 0 Å². The lowest BCUT2D eigenvalue weighted by atomic mass is 10.2. The highest BCUT2D eigenvalue weighted by Gasteiger charge is 2.10. The molecule has 0 unspecified atom stereocenters. The number of aliphatic hydroxyl groups excluding tert-OH is 1. The zero-order valence-electron chi connectivity index (χ0n) is 14.9. The number of rotatable bonds is 5. The minimum atomic E-state index is 0.0162. The van der Waals surface area contributed by atoms with E-state index >= 15 is 0 Å². The fraction of sp³-hybridized carbons (Fsp3) is 0.158. The molecular weight excluding hydrogens is 342 g/mol. The van der Waals surface area contributed by atoms with Crippen LogP contribution in [0.25, 0.3) is 0 Å². The molecule has 0 saturated carbocycles. The summed E-state index contributed by atoms with van der Waals surface area (Å²) in [4.78, 5) is 4.02. The predicted octanol–water partition coefficient (Wildman–Crippen LogP) is 1.75. The summed E-state index contributed by atoms with van der Waals surface area (Å²) >= 11 is 0. The van der Waals surface area contributed by atoms with Crippen LogP contribution in [0.4, 0.5) is 5.82 Å². The zero-order valence-corrected chi connectivity index (χ0v) is 14.9. The van der Waals surface area contributed by atoms with Crippen molar-refractivity contribution in [2.45, 2.75) is 6.54 Å². The molecule has 1 N–H and O–H groups in total. The highest BCUT2D eigenvalue weighted by molar-refractivity contribution is 5.98. The SMILES string of the molecule is Cn1cccc\c1=N/N=C(/N=N/c1cccc[n+]1CCO)c1ccncc1. The van der Waals surface area contributed by atoms with E-state index in [-0.39, 0.29) is 6.61 Å². The maximum Gasteiger partial charge on any atom is 0.350 e. The van der Waals surface area contributed by atoms with Crippen LogP contribution in [-0.2, 0) is 13.6 Å². The molecule has 0 atom stereocenters. The van der Waals surface area contributed by atoms with Crippen molar-refractivity contribution in [1.82, 2.24) is 9.55 Å². The van der Waals surface area contributed by atoms with Crippen molar-refractivity contribution in [3.8, 4) is 0 Å². The first kappa shape index (κ1) is 18.3. The molecule has 3 rings (SSSR count). The predicted molar refractivity (Wildman–Crippen MR) is 100.0 cm³/mol. The van der Waals surface area contributed by atoms with Crippen LogP contribution in [-0.4, -0.2) is 27.1 Å². The van der Waals surface area contributed by atoms with Gasteiger partial charge in [-0.1, -0.05) is 12.1 Å². The average molecular weight is 362 g/mol. The van der Waals surface area contributed by atoms with Gasteiger partial charge in [0.15, 0.2) is 5.49 Å². The van der Waals surface area contributed by atoms with Crippen LogP contribution >= 0.6 is 0 Å². The Morgan fingerprint density at radius 1 is 1.11 bits per heavy atom. The van der Waals surface area contributed by atoms with Gasteiger partial charge >= 0.3 is 5.82 Å².